The van der Waals surface area contributed by atoms with Gasteiger partial charge in [0.25, 0.3) is 0 Å². The summed E-state index contributed by atoms with van der Waals surface area (Å²) in [4.78, 5) is 17.7. The molecule has 1 aromatic rings. The van der Waals surface area contributed by atoms with Gasteiger partial charge in [0.15, 0.2) is 0 Å². The zero-order chi connectivity index (χ0) is 20.8. The van der Waals surface area contributed by atoms with E-state index in [-0.39, 0.29) is 23.9 Å². The van der Waals surface area contributed by atoms with Gasteiger partial charge in [-0.2, -0.15) is 13.2 Å². The van der Waals surface area contributed by atoms with Crippen LogP contribution in [0.4, 0.5) is 18.9 Å². The Balaban J connectivity index is 1.65. The minimum Gasteiger partial charge on any atom is -0.365 e. The standard InChI is InChI=1S/C22H30F3N3O/c1-14(2)26-21(29)18-12-15-11-16(22(23,24)25)7-8-19(15)28-10-9-27(13-20(18)28)17-5-3-4-6-17/h7-8,11,14,17-18,20H,3-6,9-10,12-13H2,1-2H3,(H,26,29)/t18-,20+/m0/s1. The van der Waals surface area contributed by atoms with Gasteiger partial charge in [-0.15, -0.1) is 0 Å². The lowest BCUT2D eigenvalue weighted by atomic mass is 9.82. The van der Waals surface area contributed by atoms with Crippen molar-refractivity contribution in [2.24, 2.45) is 5.92 Å². The number of hydrogen-bond acceptors (Lipinski definition) is 3. The molecule has 2 heterocycles. The smallest absolute Gasteiger partial charge is 0.365 e. The number of rotatable bonds is 3. The van der Waals surface area contributed by atoms with Gasteiger partial charge in [-0.05, 0) is 56.9 Å². The SMILES string of the molecule is CC(C)NC(=O)[C@H]1Cc2cc(C(F)(F)F)ccc2N2CCN(C3CCCC3)C[C@H]12. The van der Waals surface area contributed by atoms with E-state index in [1.54, 1.807) is 6.07 Å². The summed E-state index contributed by atoms with van der Waals surface area (Å²) >= 11 is 0. The highest BCUT2D eigenvalue weighted by Crippen LogP contribution is 2.40. The zero-order valence-electron chi connectivity index (χ0n) is 17.1. The molecule has 0 bridgehead atoms. The molecule has 29 heavy (non-hydrogen) atoms. The number of benzene rings is 1. The maximum Gasteiger partial charge on any atom is 0.416 e. The first kappa shape index (κ1) is 20.5. The molecule has 0 aromatic heterocycles. The van der Waals surface area contributed by atoms with Crippen LogP contribution in [-0.4, -0.2) is 48.6 Å². The summed E-state index contributed by atoms with van der Waals surface area (Å²) in [5.41, 5.74) is 0.860. The van der Waals surface area contributed by atoms with Crippen LogP contribution in [0.2, 0.25) is 0 Å². The first-order valence-electron chi connectivity index (χ1n) is 10.7. The predicted molar refractivity (Wildman–Crippen MR) is 107 cm³/mol. The van der Waals surface area contributed by atoms with Crippen molar-refractivity contribution in [2.75, 3.05) is 24.5 Å². The van der Waals surface area contributed by atoms with E-state index in [2.05, 4.69) is 15.1 Å². The van der Waals surface area contributed by atoms with Crippen LogP contribution in [0.15, 0.2) is 18.2 Å². The summed E-state index contributed by atoms with van der Waals surface area (Å²) in [6, 6.07) is 4.62. The Hall–Kier alpha value is -1.76. The molecular formula is C22H30F3N3O. The predicted octanol–water partition coefficient (Wildman–Crippen LogP) is 3.84. The van der Waals surface area contributed by atoms with E-state index >= 15 is 0 Å². The van der Waals surface area contributed by atoms with Crippen molar-refractivity contribution in [3.63, 3.8) is 0 Å². The Bertz CT molecular complexity index is 758. The second-order valence-electron chi connectivity index (χ2n) is 9.01. The Morgan fingerprint density at radius 2 is 1.90 bits per heavy atom. The molecule has 1 saturated heterocycles. The second-order valence-corrected chi connectivity index (χ2v) is 9.01. The summed E-state index contributed by atoms with van der Waals surface area (Å²) < 4.78 is 39.7. The first-order valence-corrected chi connectivity index (χ1v) is 10.7. The van der Waals surface area contributed by atoms with Crippen LogP contribution in [0.5, 0.6) is 0 Å². The number of carbonyl (C=O) groups is 1. The van der Waals surface area contributed by atoms with Crippen molar-refractivity contribution in [1.82, 2.24) is 10.2 Å². The molecule has 1 aromatic carbocycles. The monoisotopic (exact) mass is 409 g/mol. The van der Waals surface area contributed by atoms with Crippen molar-refractivity contribution in [2.45, 2.75) is 70.3 Å². The Morgan fingerprint density at radius 1 is 1.17 bits per heavy atom. The molecule has 2 fully saturated rings. The molecule has 1 aliphatic carbocycles. The third-order valence-electron chi connectivity index (χ3n) is 6.68. The fourth-order valence-electron chi connectivity index (χ4n) is 5.31. The van der Waals surface area contributed by atoms with Crippen LogP contribution >= 0.6 is 0 Å². The topological polar surface area (TPSA) is 35.6 Å². The van der Waals surface area contributed by atoms with E-state index in [4.69, 9.17) is 0 Å². The third kappa shape index (κ3) is 4.11. The van der Waals surface area contributed by atoms with Gasteiger partial charge < -0.3 is 10.2 Å². The lowest BCUT2D eigenvalue weighted by Crippen LogP contribution is -2.62. The number of fused-ring (bicyclic) bond motifs is 3. The van der Waals surface area contributed by atoms with Crippen LogP contribution in [-0.2, 0) is 17.4 Å². The summed E-state index contributed by atoms with van der Waals surface area (Å²) in [6.45, 7) is 6.30. The van der Waals surface area contributed by atoms with Gasteiger partial charge in [0.05, 0.1) is 17.5 Å². The average Bonchev–Trinajstić information content (AvgIpc) is 3.20. The summed E-state index contributed by atoms with van der Waals surface area (Å²) in [6.07, 6.45) is 0.925. The van der Waals surface area contributed by atoms with Gasteiger partial charge in [-0.25, -0.2) is 0 Å². The molecule has 2 aliphatic heterocycles. The van der Waals surface area contributed by atoms with Crippen molar-refractivity contribution in [3.05, 3.63) is 29.3 Å². The van der Waals surface area contributed by atoms with E-state index in [9.17, 15) is 18.0 Å². The number of amides is 1. The lowest BCUT2D eigenvalue weighted by molar-refractivity contribution is -0.137. The zero-order valence-corrected chi connectivity index (χ0v) is 17.1. The van der Waals surface area contributed by atoms with E-state index < -0.39 is 11.7 Å². The number of piperazine rings is 1. The van der Waals surface area contributed by atoms with Crippen LogP contribution < -0.4 is 10.2 Å². The van der Waals surface area contributed by atoms with Gasteiger partial charge in [0.1, 0.15) is 0 Å². The molecule has 1 N–H and O–H groups in total. The molecule has 1 amide bonds. The number of nitrogens with zero attached hydrogens (tertiary/aromatic N) is 2. The number of hydrogen-bond donors (Lipinski definition) is 1. The summed E-state index contributed by atoms with van der Waals surface area (Å²) in [5, 5.41) is 3.00. The number of nitrogens with one attached hydrogen (secondary N) is 1. The average molecular weight is 409 g/mol. The van der Waals surface area contributed by atoms with E-state index in [0.29, 0.717) is 18.0 Å². The maximum absolute atomic E-state index is 13.2. The molecule has 4 nitrogen and oxygen atoms in total. The van der Waals surface area contributed by atoms with Gasteiger partial charge >= 0.3 is 6.18 Å². The molecule has 4 rings (SSSR count). The van der Waals surface area contributed by atoms with Crippen LogP contribution in [0.3, 0.4) is 0 Å². The minimum absolute atomic E-state index is 0.00679. The minimum atomic E-state index is -4.37. The van der Waals surface area contributed by atoms with Crippen molar-refractivity contribution in [1.29, 1.82) is 0 Å². The molecule has 160 valence electrons. The number of anilines is 1. The molecule has 3 aliphatic rings. The Morgan fingerprint density at radius 3 is 2.55 bits per heavy atom. The van der Waals surface area contributed by atoms with E-state index in [1.165, 1.54) is 37.8 Å². The highest BCUT2D eigenvalue weighted by molar-refractivity contribution is 5.82. The van der Waals surface area contributed by atoms with Crippen LogP contribution in [0.1, 0.15) is 50.7 Å². The molecule has 1 saturated carbocycles. The fourth-order valence-corrected chi connectivity index (χ4v) is 5.31. The number of carbonyl (C=O) groups excluding carboxylic acids is 1. The number of halogens is 3. The molecule has 0 unspecified atom stereocenters. The van der Waals surface area contributed by atoms with Crippen molar-refractivity contribution >= 4 is 11.6 Å². The van der Waals surface area contributed by atoms with E-state index in [0.717, 1.165) is 25.3 Å². The van der Waals surface area contributed by atoms with Crippen molar-refractivity contribution in [3.8, 4) is 0 Å². The summed E-state index contributed by atoms with van der Waals surface area (Å²) in [5.74, 6) is -0.385. The van der Waals surface area contributed by atoms with Crippen LogP contribution in [0, 0.1) is 5.92 Å². The highest BCUT2D eigenvalue weighted by atomic mass is 19.4. The fraction of sp³-hybridized carbons (Fsp3) is 0.682. The quantitative estimate of drug-likeness (QED) is 0.824. The number of alkyl halides is 3. The Kier molecular flexibility index (Phi) is 5.53. The van der Waals surface area contributed by atoms with Gasteiger partial charge in [0, 0.05) is 37.4 Å². The van der Waals surface area contributed by atoms with Gasteiger partial charge in [-0.3, -0.25) is 9.69 Å². The van der Waals surface area contributed by atoms with Crippen LogP contribution in [0.25, 0.3) is 0 Å². The van der Waals surface area contributed by atoms with Crippen molar-refractivity contribution < 1.29 is 18.0 Å². The van der Waals surface area contributed by atoms with Gasteiger partial charge in [-0.1, -0.05) is 12.8 Å². The van der Waals surface area contributed by atoms with E-state index in [1.807, 2.05) is 13.8 Å². The Labute approximate surface area is 170 Å². The first-order chi connectivity index (χ1) is 13.7. The molecular weight excluding hydrogens is 379 g/mol. The lowest BCUT2D eigenvalue weighted by Gasteiger charge is -2.50. The largest absolute Gasteiger partial charge is 0.416 e. The normalized spacial score (nSPS) is 25.8. The maximum atomic E-state index is 13.2. The molecule has 0 radical (unpaired) electrons. The molecule has 0 spiro atoms. The molecule has 2 atom stereocenters. The summed E-state index contributed by atoms with van der Waals surface area (Å²) in [7, 11) is 0. The highest BCUT2D eigenvalue weighted by Gasteiger charge is 2.44. The third-order valence-corrected chi connectivity index (χ3v) is 6.68. The second kappa shape index (κ2) is 7.82. The van der Waals surface area contributed by atoms with Gasteiger partial charge in [0.2, 0.25) is 5.91 Å². The molecule has 7 heteroatoms.